The maximum Gasteiger partial charge on any atom is 0.117 e. The lowest BCUT2D eigenvalue weighted by molar-refractivity contribution is 0.569. The molecule has 0 radical (unpaired) electrons. The fourth-order valence-electron chi connectivity index (χ4n) is 2.21. The molecule has 114 valence electrons. The molecule has 0 atom stereocenters. The largest absolute Gasteiger partial charge is 0.315 e. The zero-order valence-corrected chi connectivity index (χ0v) is 13.8. The van der Waals surface area contributed by atoms with E-state index in [2.05, 4.69) is 59.7 Å². The highest BCUT2D eigenvalue weighted by Crippen LogP contribution is 2.14. The van der Waals surface area contributed by atoms with Gasteiger partial charge < -0.3 is 5.32 Å². The summed E-state index contributed by atoms with van der Waals surface area (Å²) in [4.78, 5) is 0. The number of aromatic nitrogens is 2. The third-order valence-corrected chi connectivity index (χ3v) is 4.37. The van der Waals surface area contributed by atoms with Crippen LogP contribution in [0.25, 0.3) is 0 Å². The monoisotopic (exact) mass is 303 g/mol. The summed E-state index contributed by atoms with van der Waals surface area (Å²) in [5, 5.41) is 14.4. The van der Waals surface area contributed by atoms with Gasteiger partial charge in [0, 0.05) is 18.9 Å². The minimum absolute atomic E-state index is 0.563. The SMILES string of the molecule is CC(C)NCCCc1nnc(CCCc2ccccc2)s1. The summed E-state index contributed by atoms with van der Waals surface area (Å²) < 4.78 is 0. The Labute approximate surface area is 131 Å². The summed E-state index contributed by atoms with van der Waals surface area (Å²) in [7, 11) is 0. The Hall–Kier alpha value is -1.26. The minimum Gasteiger partial charge on any atom is -0.315 e. The van der Waals surface area contributed by atoms with E-state index in [9.17, 15) is 0 Å². The molecule has 0 bridgehead atoms. The lowest BCUT2D eigenvalue weighted by Crippen LogP contribution is -2.23. The van der Waals surface area contributed by atoms with Crippen molar-refractivity contribution in [1.29, 1.82) is 0 Å². The van der Waals surface area contributed by atoms with Crippen molar-refractivity contribution >= 4 is 11.3 Å². The maximum atomic E-state index is 4.31. The lowest BCUT2D eigenvalue weighted by atomic mass is 10.1. The van der Waals surface area contributed by atoms with Gasteiger partial charge in [-0.15, -0.1) is 21.5 Å². The summed E-state index contributed by atoms with van der Waals surface area (Å²) >= 11 is 1.78. The van der Waals surface area contributed by atoms with Crippen LogP contribution in [0.5, 0.6) is 0 Å². The second kappa shape index (κ2) is 8.90. The summed E-state index contributed by atoms with van der Waals surface area (Å²) in [6.45, 7) is 5.41. The Morgan fingerprint density at radius 1 is 0.952 bits per heavy atom. The molecule has 0 unspecified atom stereocenters. The van der Waals surface area contributed by atoms with E-state index < -0.39 is 0 Å². The number of benzene rings is 1. The van der Waals surface area contributed by atoms with Crippen LogP contribution in [0, 0.1) is 0 Å². The number of rotatable bonds is 9. The molecule has 0 aliphatic rings. The zero-order chi connectivity index (χ0) is 14.9. The Morgan fingerprint density at radius 3 is 2.29 bits per heavy atom. The average molecular weight is 303 g/mol. The van der Waals surface area contributed by atoms with Crippen molar-refractivity contribution in [2.75, 3.05) is 6.54 Å². The van der Waals surface area contributed by atoms with E-state index in [1.165, 1.54) is 15.6 Å². The molecule has 0 fully saturated rings. The molecule has 1 N–H and O–H groups in total. The first-order chi connectivity index (χ1) is 10.2. The van der Waals surface area contributed by atoms with E-state index in [4.69, 9.17) is 0 Å². The van der Waals surface area contributed by atoms with Crippen LogP contribution in [-0.2, 0) is 19.3 Å². The van der Waals surface area contributed by atoms with Gasteiger partial charge in [-0.05, 0) is 31.4 Å². The molecule has 2 aromatic rings. The molecule has 3 nitrogen and oxygen atoms in total. The second-order valence-electron chi connectivity index (χ2n) is 5.64. The Bertz CT molecular complexity index is 508. The van der Waals surface area contributed by atoms with Crippen LogP contribution in [-0.4, -0.2) is 22.8 Å². The van der Waals surface area contributed by atoms with E-state index in [-0.39, 0.29) is 0 Å². The molecule has 0 saturated heterocycles. The average Bonchev–Trinajstić information content (AvgIpc) is 2.92. The number of hydrogen-bond donors (Lipinski definition) is 1. The van der Waals surface area contributed by atoms with Crippen LogP contribution in [0.1, 0.15) is 42.3 Å². The van der Waals surface area contributed by atoms with Crippen molar-refractivity contribution in [3.05, 3.63) is 45.9 Å². The molecule has 4 heteroatoms. The van der Waals surface area contributed by atoms with Crippen molar-refractivity contribution in [1.82, 2.24) is 15.5 Å². The quantitative estimate of drug-likeness (QED) is 0.719. The van der Waals surface area contributed by atoms with Crippen molar-refractivity contribution in [2.24, 2.45) is 0 Å². The number of nitrogens with zero attached hydrogens (tertiary/aromatic N) is 2. The molecule has 0 spiro atoms. The maximum absolute atomic E-state index is 4.31. The number of nitrogens with one attached hydrogen (secondary N) is 1. The van der Waals surface area contributed by atoms with Gasteiger partial charge in [0.25, 0.3) is 0 Å². The van der Waals surface area contributed by atoms with E-state index in [0.717, 1.165) is 38.6 Å². The van der Waals surface area contributed by atoms with Gasteiger partial charge in [-0.25, -0.2) is 0 Å². The highest BCUT2D eigenvalue weighted by molar-refractivity contribution is 7.11. The van der Waals surface area contributed by atoms with E-state index in [1.54, 1.807) is 11.3 Å². The van der Waals surface area contributed by atoms with Gasteiger partial charge in [0.05, 0.1) is 0 Å². The molecule has 0 aliphatic carbocycles. The smallest absolute Gasteiger partial charge is 0.117 e. The summed E-state index contributed by atoms with van der Waals surface area (Å²) in [5.74, 6) is 0. The van der Waals surface area contributed by atoms with Crippen LogP contribution in [0.15, 0.2) is 30.3 Å². The molecule has 2 rings (SSSR count). The third-order valence-electron chi connectivity index (χ3n) is 3.33. The van der Waals surface area contributed by atoms with Gasteiger partial charge in [0.1, 0.15) is 10.0 Å². The van der Waals surface area contributed by atoms with Crippen molar-refractivity contribution < 1.29 is 0 Å². The minimum atomic E-state index is 0.563. The van der Waals surface area contributed by atoms with Gasteiger partial charge in [-0.1, -0.05) is 44.2 Å². The Morgan fingerprint density at radius 2 is 1.62 bits per heavy atom. The van der Waals surface area contributed by atoms with Crippen molar-refractivity contribution in [3.63, 3.8) is 0 Å². The van der Waals surface area contributed by atoms with E-state index in [0.29, 0.717) is 6.04 Å². The third kappa shape index (κ3) is 6.36. The molecular weight excluding hydrogens is 278 g/mol. The first-order valence-electron chi connectivity index (χ1n) is 7.82. The molecule has 21 heavy (non-hydrogen) atoms. The van der Waals surface area contributed by atoms with Gasteiger partial charge in [-0.2, -0.15) is 0 Å². The normalized spacial score (nSPS) is 11.2. The fourth-order valence-corrected chi connectivity index (χ4v) is 3.14. The molecule has 0 amide bonds. The van der Waals surface area contributed by atoms with Crippen molar-refractivity contribution in [3.8, 4) is 0 Å². The predicted octanol–water partition coefficient (Wildman–Crippen LogP) is 3.64. The zero-order valence-electron chi connectivity index (χ0n) is 13.0. The molecule has 1 heterocycles. The molecule has 1 aromatic carbocycles. The first-order valence-corrected chi connectivity index (χ1v) is 8.64. The Balaban J connectivity index is 1.66. The fraction of sp³-hybridized carbons (Fsp3) is 0.529. The highest BCUT2D eigenvalue weighted by atomic mass is 32.1. The van der Waals surface area contributed by atoms with Crippen LogP contribution in [0.4, 0.5) is 0 Å². The van der Waals surface area contributed by atoms with E-state index >= 15 is 0 Å². The van der Waals surface area contributed by atoms with Gasteiger partial charge in [0.2, 0.25) is 0 Å². The Kier molecular flexibility index (Phi) is 6.83. The van der Waals surface area contributed by atoms with Crippen LogP contribution >= 0.6 is 11.3 Å². The summed E-state index contributed by atoms with van der Waals surface area (Å²) in [6, 6.07) is 11.2. The van der Waals surface area contributed by atoms with Gasteiger partial charge >= 0.3 is 0 Å². The van der Waals surface area contributed by atoms with Gasteiger partial charge in [0.15, 0.2) is 0 Å². The van der Waals surface area contributed by atoms with Crippen LogP contribution in [0.3, 0.4) is 0 Å². The summed E-state index contributed by atoms with van der Waals surface area (Å²) in [6.07, 6.45) is 5.48. The molecular formula is C17H25N3S. The predicted molar refractivity (Wildman–Crippen MR) is 89.8 cm³/mol. The highest BCUT2D eigenvalue weighted by Gasteiger charge is 2.04. The first kappa shape index (κ1) is 16.1. The van der Waals surface area contributed by atoms with Gasteiger partial charge in [-0.3, -0.25) is 0 Å². The lowest BCUT2D eigenvalue weighted by Gasteiger charge is -2.05. The number of hydrogen-bond acceptors (Lipinski definition) is 4. The number of aryl methyl sites for hydroxylation is 3. The topological polar surface area (TPSA) is 37.8 Å². The molecule has 0 aliphatic heterocycles. The van der Waals surface area contributed by atoms with E-state index in [1.807, 2.05) is 0 Å². The van der Waals surface area contributed by atoms with Crippen molar-refractivity contribution in [2.45, 2.75) is 52.0 Å². The summed E-state index contributed by atoms with van der Waals surface area (Å²) in [5.41, 5.74) is 1.40. The van der Waals surface area contributed by atoms with Crippen LogP contribution < -0.4 is 5.32 Å². The molecule has 0 saturated carbocycles. The van der Waals surface area contributed by atoms with Crippen LogP contribution in [0.2, 0.25) is 0 Å². The standard InChI is InChI=1S/C17H25N3S/c1-14(2)18-13-7-12-17-20-19-16(21-17)11-6-10-15-8-4-3-5-9-15/h3-5,8-9,14,18H,6-7,10-13H2,1-2H3. The molecule has 1 aromatic heterocycles. The second-order valence-corrected chi connectivity index (χ2v) is 6.79.